The molecule has 0 spiro atoms. The van der Waals surface area contributed by atoms with Crippen LogP contribution in [0.1, 0.15) is 22.6 Å². The molecule has 3 atom stereocenters. The summed E-state index contributed by atoms with van der Waals surface area (Å²) in [4.78, 5) is 2.62. The highest BCUT2D eigenvalue weighted by atomic mass is 16.7. The third kappa shape index (κ3) is 3.16. The largest absolute Gasteiger partial charge is 0.454 e. The number of benzene rings is 3. The molecule has 3 aliphatic rings. The van der Waals surface area contributed by atoms with Gasteiger partial charge in [0.1, 0.15) is 0 Å². The van der Waals surface area contributed by atoms with E-state index in [4.69, 9.17) is 14.7 Å². The molecule has 3 aromatic carbocycles. The lowest BCUT2D eigenvalue weighted by Gasteiger charge is -2.59. The molecule has 154 valence electrons. The highest BCUT2D eigenvalue weighted by Gasteiger charge is 2.50. The number of piperazine rings is 1. The van der Waals surface area contributed by atoms with Crippen molar-refractivity contribution in [1.29, 1.82) is 5.26 Å². The van der Waals surface area contributed by atoms with Gasteiger partial charge >= 0.3 is 0 Å². The molecule has 0 aliphatic carbocycles. The van der Waals surface area contributed by atoms with Crippen molar-refractivity contribution in [2.45, 2.75) is 24.5 Å². The zero-order chi connectivity index (χ0) is 20.8. The monoisotopic (exact) mass is 409 g/mol. The van der Waals surface area contributed by atoms with Crippen LogP contribution in [0, 0.1) is 11.3 Å². The number of nitrogens with one attached hydrogen (secondary N) is 1. The standard InChI is InChI=1S/C26H23N3O2/c27-12-17-1-4-19(5-2-17)20-6-8-21(9-7-20)26-22-13-28-14-23(26)29(22)15-18-3-10-24-25(11-18)31-16-30-24/h1-11,22-23,26,28H,13-16H2/t22-,23+,26?. The number of likely N-dealkylation sites (tertiary alicyclic amines) is 1. The van der Waals surface area contributed by atoms with Gasteiger partial charge in [-0.2, -0.15) is 5.26 Å². The molecule has 0 saturated carbocycles. The minimum Gasteiger partial charge on any atom is -0.454 e. The van der Waals surface area contributed by atoms with Crippen LogP contribution in [0.4, 0.5) is 0 Å². The molecule has 3 heterocycles. The normalized spacial score (nSPS) is 23.8. The minimum atomic E-state index is 0.318. The second kappa shape index (κ2) is 7.42. The Bertz CT molecular complexity index is 1140. The molecule has 1 unspecified atom stereocenters. The topological polar surface area (TPSA) is 57.5 Å². The summed E-state index contributed by atoms with van der Waals surface area (Å²) >= 11 is 0. The smallest absolute Gasteiger partial charge is 0.231 e. The van der Waals surface area contributed by atoms with Gasteiger partial charge in [0, 0.05) is 37.6 Å². The molecule has 0 radical (unpaired) electrons. The molecule has 5 nitrogen and oxygen atoms in total. The number of nitriles is 1. The molecule has 2 saturated heterocycles. The van der Waals surface area contributed by atoms with Gasteiger partial charge in [0.25, 0.3) is 0 Å². The van der Waals surface area contributed by atoms with E-state index in [9.17, 15) is 0 Å². The van der Waals surface area contributed by atoms with Crippen LogP contribution in [0.5, 0.6) is 11.5 Å². The molecule has 0 amide bonds. The van der Waals surface area contributed by atoms with Crippen molar-refractivity contribution in [3.05, 3.63) is 83.4 Å². The van der Waals surface area contributed by atoms with Crippen LogP contribution in [0.25, 0.3) is 11.1 Å². The van der Waals surface area contributed by atoms with Gasteiger partial charge in [-0.15, -0.1) is 0 Å². The number of piperidine rings is 1. The Kier molecular flexibility index (Phi) is 4.41. The Hall–Kier alpha value is -3.33. The van der Waals surface area contributed by atoms with Gasteiger partial charge in [-0.3, -0.25) is 4.90 Å². The lowest BCUT2D eigenvalue weighted by molar-refractivity contribution is -0.0483. The highest BCUT2D eigenvalue weighted by Crippen LogP contribution is 2.44. The van der Waals surface area contributed by atoms with Gasteiger partial charge in [0.2, 0.25) is 6.79 Å². The number of hydrogen-bond acceptors (Lipinski definition) is 5. The number of rotatable bonds is 4. The van der Waals surface area contributed by atoms with E-state index in [1.807, 2.05) is 30.3 Å². The molecular weight excluding hydrogens is 386 g/mol. The summed E-state index contributed by atoms with van der Waals surface area (Å²) in [6.45, 7) is 3.29. The molecule has 1 N–H and O–H groups in total. The molecular formula is C26H23N3O2. The molecule has 3 aliphatic heterocycles. The summed E-state index contributed by atoms with van der Waals surface area (Å²) in [7, 11) is 0. The van der Waals surface area contributed by atoms with E-state index in [1.54, 1.807) is 0 Å². The van der Waals surface area contributed by atoms with Crippen molar-refractivity contribution >= 4 is 0 Å². The lowest BCUT2D eigenvalue weighted by Crippen LogP contribution is -2.72. The first-order valence-electron chi connectivity index (χ1n) is 10.8. The SMILES string of the molecule is N#Cc1ccc(-c2ccc(C3[C@H]4CNC[C@@H]3N4Cc3ccc4c(c3)OCO4)cc2)cc1. The summed E-state index contributed by atoms with van der Waals surface area (Å²) in [6.07, 6.45) is 0. The van der Waals surface area contributed by atoms with Crippen molar-refractivity contribution in [3.8, 4) is 28.7 Å². The van der Waals surface area contributed by atoms with Crippen LogP contribution in [-0.2, 0) is 6.54 Å². The number of hydrogen-bond donors (Lipinski definition) is 1. The van der Waals surface area contributed by atoms with Crippen molar-refractivity contribution in [2.24, 2.45) is 0 Å². The van der Waals surface area contributed by atoms with Crippen molar-refractivity contribution < 1.29 is 9.47 Å². The zero-order valence-electron chi connectivity index (χ0n) is 17.1. The average molecular weight is 409 g/mol. The molecule has 3 aromatic rings. The van der Waals surface area contributed by atoms with Gasteiger partial charge in [-0.25, -0.2) is 0 Å². The summed E-state index contributed by atoms with van der Waals surface area (Å²) in [5.74, 6) is 2.26. The van der Waals surface area contributed by atoms with E-state index in [0.717, 1.165) is 36.7 Å². The zero-order valence-corrected chi connectivity index (χ0v) is 17.1. The van der Waals surface area contributed by atoms with Gasteiger partial charge < -0.3 is 14.8 Å². The Morgan fingerprint density at radius 2 is 1.55 bits per heavy atom. The van der Waals surface area contributed by atoms with Crippen LogP contribution in [-0.4, -0.2) is 36.9 Å². The van der Waals surface area contributed by atoms with E-state index in [1.165, 1.54) is 16.7 Å². The van der Waals surface area contributed by atoms with Crippen LogP contribution in [0.2, 0.25) is 0 Å². The summed E-state index contributed by atoms with van der Waals surface area (Å²) in [6, 6.07) is 26.2. The quantitative estimate of drug-likeness (QED) is 0.708. The van der Waals surface area contributed by atoms with E-state index in [0.29, 0.717) is 30.4 Å². The number of nitrogens with zero attached hydrogens (tertiary/aromatic N) is 2. The number of ether oxygens (including phenoxy) is 2. The first kappa shape index (κ1) is 18.4. The van der Waals surface area contributed by atoms with E-state index < -0.39 is 0 Å². The summed E-state index contributed by atoms with van der Waals surface area (Å²) in [5, 5.41) is 12.6. The minimum absolute atomic E-state index is 0.318. The highest BCUT2D eigenvalue weighted by molar-refractivity contribution is 5.64. The van der Waals surface area contributed by atoms with Crippen molar-refractivity contribution in [2.75, 3.05) is 19.9 Å². The summed E-state index contributed by atoms with van der Waals surface area (Å²) < 4.78 is 11.0. The molecule has 6 rings (SSSR count). The molecule has 0 aromatic heterocycles. The Labute approximate surface area is 181 Å². The van der Waals surface area contributed by atoms with E-state index >= 15 is 0 Å². The first-order valence-corrected chi connectivity index (χ1v) is 10.8. The van der Waals surface area contributed by atoms with Gasteiger partial charge in [-0.05, 0) is 46.5 Å². The third-order valence-electron chi connectivity index (χ3n) is 6.83. The maximum atomic E-state index is 8.99. The Morgan fingerprint density at radius 1 is 0.871 bits per heavy atom. The fraction of sp³-hybridized carbons (Fsp3) is 0.269. The van der Waals surface area contributed by atoms with E-state index in [-0.39, 0.29) is 0 Å². The second-order valence-corrected chi connectivity index (χ2v) is 8.49. The van der Waals surface area contributed by atoms with Crippen LogP contribution < -0.4 is 14.8 Å². The first-order chi connectivity index (χ1) is 15.3. The van der Waals surface area contributed by atoms with Crippen molar-refractivity contribution in [3.63, 3.8) is 0 Å². The molecule has 5 heteroatoms. The fourth-order valence-corrected chi connectivity index (χ4v) is 5.24. The maximum Gasteiger partial charge on any atom is 0.231 e. The molecule has 2 bridgehead atoms. The third-order valence-corrected chi connectivity index (χ3v) is 6.83. The Morgan fingerprint density at radius 3 is 2.26 bits per heavy atom. The molecule has 31 heavy (non-hydrogen) atoms. The van der Waals surface area contributed by atoms with E-state index in [2.05, 4.69) is 52.7 Å². The lowest BCUT2D eigenvalue weighted by atomic mass is 9.72. The van der Waals surface area contributed by atoms with Crippen molar-refractivity contribution in [1.82, 2.24) is 10.2 Å². The van der Waals surface area contributed by atoms with Gasteiger partial charge in [-0.1, -0.05) is 42.5 Å². The van der Waals surface area contributed by atoms with Crippen LogP contribution in [0.15, 0.2) is 66.7 Å². The second-order valence-electron chi connectivity index (χ2n) is 8.49. The van der Waals surface area contributed by atoms with Crippen LogP contribution in [0.3, 0.4) is 0 Å². The predicted molar refractivity (Wildman–Crippen MR) is 118 cm³/mol. The maximum absolute atomic E-state index is 8.99. The predicted octanol–water partition coefficient (Wildman–Crippen LogP) is 3.89. The fourth-order valence-electron chi connectivity index (χ4n) is 5.24. The Balaban J connectivity index is 1.19. The summed E-state index contributed by atoms with van der Waals surface area (Å²) in [5.41, 5.74) is 5.71. The van der Waals surface area contributed by atoms with Gasteiger partial charge in [0.05, 0.1) is 11.6 Å². The van der Waals surface area contributed by atoms with Gasteiger partial charge in [0.15, 0.2) is 11.5 Å². The van der Waals surface area contributed by atoms with Crippen LogP contribution >= 0.6 is 0 Å². The molecule has 2 fully saturated rings. The number of fused-ring (bicyclic) bond motifs is 3. The average Bonchev–Trinajstić information content (AvgIpc) is 3.31.